The molecule has 0 heterocycles. The summed E-state index contributed by atoms with van der Waals surface area (Å²) >= 11 is 0. The molecule has 100 valence electrons. The molecule has 0 saturated heterocycles. The highest BCUT2D eigenvalue weighted by molar-refractivity contribution is 5.20. The summed E-state index contributed by atoms with van der Waals surface area (Å²) < 4.78 is 18.8. The van der Waals surface area contributed by atoms with E-state index in [0.29, 0.717) is 12.1 Å². The minimum Gasteiger partial charge on any atom is -0.380 e. The van der Waals surface area contributed by atoms with E-state index in [1.807, 2.05) is 6.07 Å². The Morgan fingerprint density at radius 1 is 1.44 bits per heavy atom. The summed E-state index contributed by atoms with van der Waals surface area (Å²) in [5, 5.41) is 3.62. The van der Waals surface area contributed by atoms with Crippen LogP contribution in [0, 0.1) is 5.82 Å². The van der Waals surface area contributed by atoms with E-state index in [1.165, 1.54) is 12.5 Å². The fourth-order valence-corrected chi connectivity index (χ4v) is 2.83. The molecule has 3 atom stereocenters. The molecule has 0 aliphatic heterocycles. The van der Waals surface area contributed by atoms with E-state index >= 15 is 0 Å². The van der Waals surface area contributed by atoms with E-state index in [0.717, 1.165) is 24.8 Å². The SMILES string of the molecule is CCC(NC1CCCC1OC)c1cccc(F)c1. The molecule has 1 fully saturated rings. The van der Waals surface area contributed by atoms with Crippen LogP contribution in [0.15, 0.2) is 24.3 Å². The lowest BCUT2D eigenvalue weighted by Gasteiger charge is -2.26. The molecule has 18 heavy (non-hydrogen) atoms. The van der Waals surface area contributed by atoms with Crippen LogP contribution < -0.4 is 5.32 Å². The molecule has 0 spiro atoms. The van der Waals surface area contributed by atoms with Crippen molar-refractivity contribution >= 4 is 0 Å². The molecule has 1 N–H and O–H groups in total. The van der Waals surface area contributed by atoms with Gasteiger partial charge in [-0.2, -0.15) is 0 Å². The zero-order valence-corrected chi connectivity index (χ0v) is 11.2. The highest BCUT2D eigenvalue weighted by Gasteiger charge is 2.28. The summed E-state index contributed by atoms with van der Waals surface area (Å²) in [6.07, 6.45) is 4.72. The Balaban J connectivity index is 2.05. The second-order valence-corrected chi connectivity index (χ2v) is 4.99. The monoisotopic (exact) mass is 251 g/mol. The van der Waals surface area contributed by atoms with Gasteiger partial charge in [-0.1, -0.05) is 19.1 Å². The lowest BCUT2D eigenvalue weighted by Crippen LogP contribution is -2.39. The zero-order valence-electron chi connectivity index (χ0n) is 11.2. The van der Waals surface area contributed by atoms with Gasteiger partial charge in [-0.3, -0.25) is 0 Å². The van der Waals surface area contributed by atoms with Crippen LogP contribution in [0.2, 0.25) is 0 Å². The molecular weight excluding hydrogens is 229 g/mol. The molecule has 1 aromatic carbocycles. The molecule has 1 aromatic rings. The van der Waals surface area contributed by atoms with Crippen LogP contribution in [0.4, 0.5) is 4.39 Å². The standard InChI is InChI=1S/C15H22FNO/c1-3-13(11-6-4-7-12(16)10-11)17-14-8-5-9-15(14)18-2/h4,6-7,10,13-15,17H,3,5,8-9H2,1-2H3. The molecule has 2 nitrogen and oxygen atoms in total. The maximum absolute atomic E-state index is 13.3. The van der Waals surface area contributed by atoms with Gasteiger partial charge in [0.2, 0.25) is 0 Å². The molecule has 1 aliphatic carbocycles. The van der Waals surface area contributed by atoms with Crippen molar-refractivity contribution in [3.8, 4) is 0 Å². The molecule has 0 bridgehead atoms. The van der Waals surface area contributed by atoms with Gasteiger partial charge in [-0.25, -0.2) is 4.39 Å². The molecule has 3 unspecified atom stereocenters. The van der Waals surface area contributed by atoms with Crippen LogP contribution >= 0.6 is 0 Å². The van der Waals surface area contributed by atoms with Crippen LogP contribution in [0.1, 0.15) is 44.2 Å². The van der Waals surface area contributed by atoms with Gasteiger partial charge in [0.05, 0.1) is 6.10 Å². The van der Waals surface area contributed by atoms with Gasteiger partial charge in [0, 0.05) is 19.2 Å². The van der Waals surface area contributed by atoms with E-state index in [4.69, 9.17) is 4.74 Å². The van der Waals surface area contributed by atoms with Crippen molar-refractivity contribution in [2.75, 3.05) is 7.11 Å². The molecule has 3 heteroatoms. The van der Waals surface area contributed by atoms with Gasteiger partial charge in [-0.15, -0.1) is 0 Å². The number of hydrogen-bond acceptors (Lipinski definition) is 2. The maximum Gasteiger partial charge on any atom is 0.123 e. The number of rotatable bonds is 5. The second kappa shape index (κ2) is 6.30. The summed E-state index contributed by atoms with van der Waals surface area (Å²) in [6, 6.07) is 7.48. The van der Waals surface area contributed by atoms with Crippen molar-refractivity contribution < 1.29 is 9.13 Å². The Hall–Kier alpha value is -0.930. The molecule has 1 aliphatic rings. The first-order valence-electron chi connectivity index (χ1n) is 6.79. The smallest absolute Gasteiger partial charge is 0.123 e. The maximum atomic E-state index is 13.3. The lowest BCUT2D eigenvalue weighted by molar-refractivity contribution is 0.0810. The highest BCUT2D eigenvalue weighted by Crippen LogP contribution is 2.26. The van der Waals surface area contributed by atoms with Gasteiger partial charge in [0.1, 0.15) is 5.82 Å². The van der Waals surface area contributed by atoms with E-state index in [2.05, 4.69) is 12.2 Å². The topological polar surface area (TPSA) is 21.3 Å². The van der Waals surface area contributed by atoms with Crippen LogP contribution in [-0.2, 0) is 4.74 Å². The predicted octanol–water partition coefficient (Wildman–Crippen LogP) is 3.43. The highest BCUT2D eigenvalue weighted by atomic mass is 19.1. The Morgan fingerprint density at radius 3 is 2.94 bits per heavy atom. The average molecular weight is 251 g/mol. The fraction of sp³-hybridized carbons (Fsp3) is 0.600. The first kappa shape index (κ1) is 13.5. The summed E-state index contributed by atoms with van der Waals surface area (Å²) in [5.74, 6) is -0.164. The third kappa shape index (κ3) is 3.09. The summed E-state index contributed by atoms with van der Waals surface area (Å²) in [6.45, 7) is 2.12. The van der Waals surface area contributed by atoms with Crippen molar-refractivity contribution in [3.63, 3.8) is 0 Å². The van der Waals surface area contributed by atoms with E-state index in [9.17, 15) is 4.39 Å². The van der Waals surface area contributed by atoms with E-state index in [-0.39, 0.29) is 11.9 Å². The number of hydrogen-bond donors (Lipinski definition) is 1. The summed E-state index contributed by atoms with van der Waals surface area (Å²) in [4.78, 5) is 0. The molecular formula is C15H22FNO. The Kier molecular flexibility index (Phi) is 4.72. The number of nitrogens with one attached hydrogen (secondary N) is 1. The number of halogens is 1. The van der Waals surface area contributed by atoms with Gasteiger partial charge >= 0.3 is 0 Å². The van der Waals surface area contributed by atoms with Crippen LogP contribution in [-0.4, -0.2) is 19.3 Å². The Labute approximate surface area is 109 Å². The largest absolute Gasteiger partial charge is 0.380 e. The fourth-order valence-electron chi connectivity index (χ4n) is 2.83. The van der Waals surface area contributed by atoms with Gasteiger partial charge < -0.3 is 10.1 Å². The molecule has 0 radical (unpaired) electrons. The lowest BCUT2D eigenvalue weighted by atomic mass is 10.0. The normalized spacial score (nSPS) is 25.3. The molecule has 0 aromatic heterocycles. The summed E-state index contributed by atoms with van der Waals surface area (Å²) in [5.41, 5.74) is 1.03. The van der Waals surface area contributed by atoms with Crippen LogP contribution in [0.5, 0.6) is 0 Å². The van der Waals surface area contributed by atoms with Crippen molar-refractivity contribution in [3.05, 3.63) is 35.6 Å². The third-order valence-electron chi connectivity index (χ3n) is 3.83. The van der Waals surface area contributed by atoms with Crippen LogP contribution in [0.3, 0.4) is 0 Å². The van der Waals surface area contributed by atoms with Crippen molar-refractivity contribution in [1.82, 2.24) is 5.32 Å². The number of ether oxygens (including phenoxy) is 1. The minimum atomic E-state index is -0.164. The number of methoxy groups -OCH3 is 1. The van der Waals surface area contributed by atoms with Crippen molar-refractivity contribution in [2.45, 2.75) is 50.8 Å². The van der Waals surface area contributed by atoms with Gasteiger partial charge in [-0.05, 0) is 43.4 Å². The minimum absolute atomic E-state index is 0.164. The molecule has 1 saturated carbocycles. The molecule has 2 rings (SSSR count). The third-order valence-corrected chi connectivity index (χ3v) is 3.83. The Morgan fingerprint density at radius 2 is 2.28 bits per heavy atom. The first-order valence-corrected chi connectivity index (χ1v) is 6.79. The van der Waals surface area contributed by atoms with Crippen molar-refractivity contribution in [2.24, 2.45) is 0 Å². The first-order chi connectivity index (χ1) is 8.74. The summed E-state index contributed by atoms with van der Waals surface area (Å²) in [7, 11) is 1.77. The van der Waals surface area contributed by atoms with Crippen molar-refractivity contribution in [1.29, 1.82) is 0 Å². The van der Waals surface area contributed by atoms with E-state index in [1.54, 1.807) is 19.2 Å². The Bertz CT molecular complexity index is 383. The molecule has 0 amide bonds. The number of benzene rings is 1. The quantitative estimate of drug-likeness (QED) is 0.865. The average Bonchev–Trinajstić information content (AvgIpc) is 2.83. The predicted molar refractivity (Wildman–Crippen MR) is 71.0 cm³/mol. The second-order valence-electron chi connectivity index (χ2n) is 4.99. The van der Waals surface area contributed by atoms with Crippen LogP contribution in [0.25, 0.3) is 0 Å². The zero-order chi connectivity index (χ0) is 13.0. The van der Waals surface area contributed by atoms with Gasteiger partial charge in [0.15, 0.2) is 0 Å². The van der Waals surface area contributed by atoms with E-state index < -0.39 is 0 Å². The van der Waals surface area contributed by atoms with Gasteiger partial charge in [0.25, 0.3) is 0 Å².